The molecule has 0 spiro atoms. The Labute approximate surface area is 103 Å². The van der Waals surface area contributed by atoms with E-state index in [-0.39, 0.29) is 17.2 Å². The molecule has 0 amide bonds. The fourth-order valence-electron chi connectivity index (χ4n) is 1.42. The highest BCUT2D eigenvalue weighted by Crippen LogP contribution is 2.14. The fourth-order valence-corrected chi connectivity index (χ4v) is 1.61. The number of aldehydes is 1. The monoisotopic (exact) mass is 245 g/mol. The molecule has 4 heteroatoms. The van der Waals surface area contributed by atoms with Gasteiger partial charge in [0.25, 0.3) is 0 Å². The molecule has 84 valence electrons. The summed E-state index contributed by atoms with van der Waals surface area (Å²) in [5, 5.41) is 0.488. The first-order valence-electron chi connectivity index (χ1n) is 4.93. The molecule has 1 aromatic carbocycles. The number of aromatic nitrogens is 1. The van der Waals surface area contributed by atoms with E-state index in [1.807, 2.05) is 0 Å². The first kappa shape index (κ1) is 11.5. The van der Waals surface area contributed by atoms with Gasteiger partial charge in [0.05, 0.1) is 0 Å². The summed E-state index contributed by atoms with van der Waals surface area (Å²) in [6.07, 6.45) is 0.606. The molecule has 1 aromatic heterocycles. The third-order valence-corrected chi connectivity index (χ3v) is 2.45. The molecule has 0 aliphatic carbocycles. The molecule has 0 N–H and O–H groups in total. The van der Waals surface area contributed by atoms with Crippen LogP contribution in [0.25, 0.3) is 0 Å². The molecule has 0 bridgehead atoms. The second kappa shape index (κ2) is 4.89. The Morgan fingerprint density at radius 3 is 2.65 bits per heavy atom. The second-order valence-electron chi connectivity index (χ2n) is 3.41. The van der Waals surface area contributed by atoms with E-state index in [1.165, 1.54) is 0 Å². The number of nitrogens with zero attached hydrogens (tertiary/aromatic N) is 1. The van der Waals surface area contributed by atoms with Crippen LogP contribution in [0, 0.1) is 0 Å². The normalized spacial score (nSPS) is 9.94. The van der Waals surface area contributed by atoms with Gasteiger partial charge in [0.1, 0.15) is 11.4 Å². The Morgan fingerprint density at radius 1 is 1.18 bits per heavy atom. The van der Waals surface area contributed by atoms with Crippen LogP contribution in [0.2, 0.25) is 5.02 Å². The minimum absolute atomic E-state index is 0.233. The first-order chi connectivity index (χ1) is 8.20. The van der Waals surface area contributed by atoms with Crippen LogP contribution in [0.1, 0.15) is 26.5 Å². The van der Waals surface area contributed by atoms with Crippen molar-refractivity contribution in [3.63, 3.8) is 0 Å². The fraction of sp³-hybridized carbons (Fsp3) is 0. The summed E-state index contributed by atoms with van der Waals surface area (Å²) in [6, 6.07) is 11.3. The highest BCUT2D eigenvalue weighted by Gasteiger charge is 2.11. The van der Waals surface area contributed by atoms with Crippen LogP contribution in [0.3, 0.4) is 0 Å². The van der Waals surface area contributed by atoms with Gasteiger partial charge < -0.3 is 0 Å². The molecule has 0 radical (unpaired) electrons. The van der Waals surface area contributed by atoms with Crippen LogP contribution in [0.5, 0.6) is 0 Å². The standard InChI is InChI=1S/C13H8ClNO2/c14-10-4-1-3-9(7-10)13(17)12-6-2-5-11(8-16)15-12/h1-8H. The number of carbonyl (C=O) groups excluding carboxylic acids is 2. The molecule has 0 unspecified atom stereocenters. The van der Waals surface area contributed by atoms with Crippen molar-refractivity contribution in [1.29, 1.82) is 0 Å². The van der Waals surface area contributed by atoms with Crippen molar-refractivity contribution in [2.75, 3.05) is 0 Å². The zero-order chi connectivity index (χ0) is 12.3. The SMILES string of the molecule is O=Cc1cccc(C(=O)c2cccc(Cl)c2)n1. The van der Waals surface area contributed by atoms with E-state index in [0.29, 0.717) is 16.9 Å². The van der Waals surface area contributed by atoms with E-state index in [0.717, 1.165) is 0 Å². The average molecular weight is 246 g/mol. The van der Waals surface area contributed by atoms with Gasteiger partial charge in [-0.15, -0.1) is 0 Å². The molecule has 0 saturated heterocycles. The summed E-state index contributed by atoms with van der Waals surface area (Å²) in [6.45, 7) is 0. The Hall–Kier alpha value is -2.00. The molecular weight excluding hydrogens is 238 g/mol. The highest BCUT2D eigenvalue weighted by atomic mass is 35.5. The van der Waals surface area contributed by atoms with Gasteiger partial charge in [-0.05, 0) is 24.3 Å². The van der Waals surface area contributed by atoms with Crippen LogP contribution in [0.15, 0.2) is 42.5 Å². The van der Waals surface area contributed by atoms with Crippen molar-refractivity contribution in [2.24, 2.45) is 0 Å². The summed E-state index contributed by atoms with van der Waals surface area (Å²) in [5.41, 5.74) is 0.919. The lowest BCUT2D eigenvalue weighted by Gasteiger charge is -2.01. The number of halogens is 1. The number of rotatable bonds is 3. The average Bonchev–Trinajstić information content (AvgIpc) is 2.38. The topological polar surface area (TPSA) is 47.0 Å². The summed E-state index contributed by atoms with van der Waals surface area (Å²) < 4.78 is 0. The molecule has 0 aliphatic rings. The van der Waals surface area contributed by atoms with Crippen molar-refractivity contribution in [3.8, 4) is 0 Å². The van der Waals surface area contributed by atoms with Crippen molar-refractivity contribution < 1.29 is 9.59 Å². The van der Waals surface area contributed by atoms with Crippen LogP contribution in [0.4, 0.5) is 0 Å². The van der Waals surface area contributed by atoms with Gasteiger partial charge >= 0.3 is 0 Å². The predicted octanol–water partition coefficient (Wildman–Crippen LogP) is 2.78. The molecule has 0 aliphatic heterocycles. The van der Waals surface area contributed by atoms with Crippen molar-refractivity contribution in [3.05, 3.63) is 64.4 Å². The van der Waals surface area contributed by atoms with Gasteiger partial charge in [0.2, 0.25) is 5.78 Å². The summed E-state index contributed by atoms with van der Waals surface area (Å²) in [5.74, 6) is -0.254. The number of ketones is 1. The van der Waals surface area contributed by atoms with E-state index in [1.54, 1.807) is 42.5 Å². The quantitative estimate of drug-likeness (QED) is 0.617. The number of pyridine rings is 1. The van der Waals surface area contributed by atoms with Crippen molar-refractivity contribution >= 4 is 23.7 Å². The molecule has 2 aromatic rings. The third kappa shape index (κ3) is 2.57. The molecule has 1 heterocycles. The largest absolute Gasteiger partial charge is 0.296 e. The van der Waals surface area contributed by atoms with E-state index < -0.39 is 0 Å². The summed E-state index contributed by atoms with van der Waals surface area (Å²) in [4.78, 5) is 26.5. The minimum atomic E-state index is -0.254. The molecule has 0 fully saturated rings. The maximum Gasteiger partial charge on any atom is 0.211 e. The molecule has 17 heavy (non-hydrogen) atoms. The Balaban J connectivity index is 2.40. The van der Waals surface area contributed by atoms with E-state index in [9.17, 15) is 9.59 Å². The Morgan fingerprint density at radius 2 is 1.94 bits per heavy atom. The first-order valence-corrected chi connectivity index (χ1v) is 5.31. The van der Waals surface area contributed by atoms with E-state index >= 15 is 0 Å². The van der Waals surface area contributed by atoms with E-state index in [2.05, 4.69) is 4.98 Å². The van der Waals surface area contributed by atoms with Gasteiger partial charge in [0, 0.05) is 10.6 Å². The molecule has 2 rings (SSSR count). The third-order valence-electron chi connectivity index (χ3n) is 2.21. The minimum Gasteiger partial charge on any atom is -0.296 e. The lowest BCUT2D eigenvalue weighted by Crippen LogP contribution is -2.05. The lowest BCUT2D eigenvalue weighted by atomic mass is 10.1. The second-order valence-corrected chi connectivity index (χ2v) is 3.84. The number of hydrogen-bond donors (Lipinski definition) is 0. The van der Waals surface area contributed by atoms with Crippen molar-refractivity contribution in [1.82, 2.24) is 4.98 Å². The molecular formula is C13H8ClNO2. The molecule has 0 atom stereocenters. The van der Waals surface area contributed by atoms with Gasteiger partial charge in [0.15, 0.2) is 6.29 Å². The maximum atomic E-state index is 12.0. The zero-order valence-electron chi connectivity index (χ0n) is 8.76. The van der Waals surface area contributed by atoms with Crippen LogP contribution >= 0.6 is 11.6 Å². The van der Waals surface area contributed by atoms with Gasteiger partial charge in [-0.3, -0.25) is 9.59 Å². The lowest BCUT2D eigenvalue weighted by molar-refractivity contribution is 0.103. The molecule has 3 nitrogen and oxygen atoms in total. The zero-order valence-corrected chi connectivity index (χ0v) is 9.52. The maximum absolute atomic E-state index is 12.0. The molecule has 0 saturated carbocycles. The van der Waals surface area contributed by atoms with Gasteiger partial charge in [-0.2, -0.15) is 0 Å². The predicted molar refractivity (Wildman–Crippen MR) is 64.5 cm³/mol. The Kier molecular flexibility index (Phi) is 3.30. The van der Waals surface area contributed by atoms with Crippen LogP contribution < -0.4 is 0 Å². The number of hydrogen-bond acceptors (Lipinski definition) is 3. The summed E-state index contributed by atoms with van der Waals surface area (Å²) >= 11 is 5.81. The van der Waals surface area contributed by atoms with Crippen LogP contribution in [-0.4, -0.2) is 17.1 Å². The highest BCUT2D eigenvalue weighted by molar-refractivity contribution is 6.31. The smallest absolute Gasteiger partial charge is 0.211 e. The number of benzene rings is 1. The van der Waals surface area contributed by atoms with Crippen molar-refractivity contribution in [2.45, 2.75) is 0 Å². The van der Waals surface area contributed by atoms with Gasteiger partial charge in [-0.1, -0.05) is 29.8 Å². The Bertz CT molecular complexity index is 581. The van der Waals surface area contributed by atoms with E-state index in [4.69, 9.17) is 11.6 Å². The number of carbonyl (C=O) groups is 2. The van der Waals surface area contributed by atoms with Gasteiger partial charge in [-0.25, -0.2) is 4.98 Å². The van der Waals surface area contributed by atoms with Crippen LogP contribution in [-0.2, 0) is 0 Å². The summed E-state index contributed by atoms with van der Waals surface area (Å²) in [7, 11) is 0.